The number of likely N-dealkylation sites (tertiary alicyclic amines) is 1. The molecule has 4 rings (SSSR count). The summed E-state index contributed by atoms with van der Waals surface area (Å²) >= 11 is 0. The standard InChI is InChI=1S/C21H21FN4O3/c1-14-4-5-15(13-23-14)21(27)26-11-2-3-18(26)20-24-19(25-29-20)10-12-28-17-8-6-16(22)7-9-17/h4-9,13,18H,2-3,10-12H2,1H3. The van der Waals surface area contributed by atoms with E-state index >= 15 is 0 Å². The van der Waals surface area contributed by atoms with Gasteiger partial charge in [0, 0.05) is 24.9 Å². The van der Waals surface area contributed by atoms with E-state index in [1.54, 1.807) is 29.3 Å². The molecule has 0 saturated carbocycles. The molecule has 8 heteroatoms. The van der Waals surface area contributed by atoms with E-state index in [2.05, 4.69) is 15.1 Å². The van der Waals surface area contributed by atoms with E-state index in [1.807, 2.05) is 13.0 Å². The Labute approximate surface area is 167 Å². The van der Waals surface area contributed by atoms with Gasteiger partial charge in [0.1, 0.15) is 17.6 Å². The van der Waals surface area contributed by atoms with Crippen LogP contribution in [-0.4, -0.2) is 39.1 Å². The summed E-state index contributed by atoms with van der Waals surface area (Å²) in [5.41, 5.74) is 1.42. The van der Waals surface area contributed by atoms with Gasteiger partial charge in [0.15, 0.2) is 5.82 Å². The van der Waals surface area contributed by atoms with Gasteiger partial charge in [-0.1, -0.05) is 5.16 Å². The fraction of sp³-hybridized carbons (Fsp3) is 0.333. The van der Waals surface area contributed by atoms with Crippen molar-refractivity contribution in [1.82, 2.24) is 20.0 Å². The number of carbonyl (C=O) groups is 1. The van der Waals surface area contributed by atoms with Crippen LogP contribution in [0.2, 0.25) is 0 Å². The third-order valence-corrected chi connectivity index (χ3v) is 4.85. The van der Waals surface area contributed by atoms with Gasteiger partial charge in [-0.2, -0.15) is 4.98 Å². The lowest BCUT2D eigenvalue weighted by atomic mass is 10.2. The number of ether oxygens (including phenoxy) is 1. The minimum atomic E-state index is -0.308. The summed E-state index contributed by atoms with van der Waals surface area (Å²) in [6.07, 6.45) is 3.70. The van der Waals surface area contributed by atoms with E-state index < -0.39 is 0 Å². The van der Waals surface area contributed by atoms with Crippen molar-refractivity contribution in [3.05, 3.63) is 71.4 Å². The quantitative estimate of drug-likeness (QED) is 0.634. The maximum atomic E-state index is 12.9. The number of halogens is 1. The summed E-state index contributed by atoms with van der Waals surface area (Å²) in [5, 5.41) is 4.01. The zero-order valence-electron chi connectivity index (χ0n) is 16.0. The second-order valence-electron chi connectivity index (χ2n) is 6.95. The van der Waals surface area contributed by atoms with Gasteiger partial charge in [0.2, 0.25) is 5.89 Å². The number of hydrogen-bond acceptors (Lipinski definition) is 6. The molecule has 0 bridgehead atoms. The highest BCUT2D eigenvalue weighted by Crippen LogP contribution is 2.32. The van der Waals surface area contributed by atoms with E-state index in [4.69, 9.17) is 9.26 Å². The number of rotatable bonds is 6. The van der Waals surface area contributed by atoms with Crippen LogP contribution in [0.3, 0.4) is 0 Å². The Balaban J connectivity index is 1.38. The Morgan fingerprint density at radius 2 is 2.10 bits per heavy atom. The lowest BCUT2D eigenvalue weighted by Crippen LogP contribution is -2.30. The third-order valence-electron chi connectivity index (χ3n) is 4.85. The van der Waals surface area contributed by atoms with Gasteiger partial charge in [0.25, 0.3) is 5.91 Å². The van der Waals surface area contributed by atoms with Crippen LogP contribution in [0.15, 0.2) is 47.1 Å². The number of aromatic nitrogens is 3. The maximum absolute atomic E-state index is 12.9. The van der Waals surface area contributed by atoms with Crippen molar-refractivity contribution in [1.29, 1.82) is 0 Å². The molecule has 1 aliphatic rings. The van der Waals surface area contributed by atoms with Gasteiger partial charge < -0.3 is 14.2 Å². The molecule has 2 aromatic heterocycles. The molecule has 150 valence electrons. The molecule has 1 saturated heterocycles. The van der Waals surface area contributed by atoms with Crippen LogP contribution < -0.4 is 4.74 Å². The first-order chi connectivity index (χ1) is 14.1. The molecule has 29 heavy (non-hydrogen) atoms. The molecule has 3 aromatic rings. The molecule has 0 aliphatic carbocycles. The number of hydrogen-bond donors (Lipinski definition) is 0. The van der Waals surface area contributed by atoms with Crippen molar-refractivity contribution in [3.8, 4) is 5.75 Å². The molecule has 7 nitrogen and oxygen atoms in total. The maximum Gasteiger partial charge on any atom is 0.256 e. The van der Waals surface area contributed by atoms with Crippen molar-refractivity contribution in [2.45, 2.75) is 32.2 Å². The van der Waals surface area contributed by atoms with Crippen molar-refractivity contribution in [3.63, 3.8) is 0 Å². The molecule has 3 heterocycles. The Kier molecular flexibility index (Phi) is 5.50. The van der Waals surface area contributed by atoms with E-state index in [-0.39, 0.29) is 17.8 Å². The van der Waals surface area contributed by atoms with Crippen LogP contribution in [0.1, 0.15) is 46.7 Å². The fourth-order valence-electron chi connectivity index (χ4n) is 3.32. The molecule has 0 N–H and O–H groups in total. The zero-order chi connectivity index (χ0) is 20.2. The normalized spacial score (nSPS) is 16.2. The minimum absolute atomic E-state index is 0.0839. The highest BCUT2D eigenvalue weighted by molar-refractivity contribution is 5.94. The van der Waals surface area contributed by atoms with Crippen LogP contribution in [0.25, 0.3) is 0 Å². The Bertz CT molecular complexity index is 972. The summed E-state index contributed by atoms with van der Waals surface area (Å²) in [6.45, 7) is 2.86. The first-order valence-corrected chi connectivity index (χ1v) is 9.54. The van der Waals surface area contributed by atoms with Gasteiger partial charge >= 0.3 is 0 Å². The second-order valence-corrected chi connectivity index (χ2v) is 6.95. The van der Waals surface area contributed by atoms with Gasteiger partial charge in [-0.05, 0) is 56.2 Å². The molecule has 1 fully saturated rings. The largest absolute Gasteiger partial charge is 0.493 e. The zero-order valence-corrected chi connectivity index (χ0v) is 16.0. The summed E-state index contributed by atoms with van der Waals surface area (Å²) in [7, 11) is 0. The first-order valence-electron chi connectivity index (χ1n) is 9.54. The fourth-order valence-corrected chi connectivity index (χ4v) is 3.32. The Morgan fingerprint density at radius 1 is 1.28 bits per heavy atom. The third kappa shape index (κ3) is 4.42. The topological polar surface area (TPSA) is 81.4 Å². The summed E-state index contributed by atoms with van der Waals surface area (Å²) < 4.78 is 23.9. The number of pyridine rings is 1. The monoisotopic (exact) mass is 396 g/mol. The lowest BCUT2D eigenvalue weighted by Gasteiger charge is -2.21. The van der Waals surface area contributed by atoms with Gasteiger partial charge in [-0.15, -0.1) is 0 Å². The van der Waals surface area contributed by atoms with Crippen molar-refractivity contribution < 1.29 is 18.4 Å². The second kappa shape index (κ2) is 8.38. The predicted molar refractivity (Wildman–Crippen MR) is 102 cm³/mol. The van der Waals surface area contributed by atoms with Crippen LogP contribution in [0, 0.1) is 12.7 Å². The SMILES string of the molecule is Cc1ccc(C(=O)N2CCCC2c2nc(CCOc3ccc(F)cc3)no2)cn1. The average molecular weight is 396 g/mol. The van der Waals surface area contributed by atoms with E-state index in [1.165, 1.54) is 12.1 Å². The number of nitrogens with zero attached hydrogens (tertiary/aromatic N) is 4. The summed E-state index contributed by atoms with van der Waals surface area (Å²) in [6, 6.07) is 9.20. The van der Waals surface area contributed by atoms with Gasteiger partial charge in [-0.3, -0.25) is 9.78 Å². The number of amides is 1. The molecule has 1 aliphatic heterocycles. The van der Waals surface area contributed by atoms with Crippen LogP contribution in [0.5, 0.6) is 5.75 Å². The molecule has 0 spiro atoms. The minimum Gasteiger partial charge on any atom is -0.493 e. The van der Waals surface area contributed by atoms with Crippen molar-refractivity contribution in [2.75, 3.05) is 13.2 Å². The number of benzene rings is 1. The average Bonchev–Trinajstić information content (AvgIpc) is 3.39. The van der Waals surface area contributed by atoms with Crippen LogP contribution >= 0.6 is 0 Å². The summed E-state index contributed by atoms with van der Waals surface area (Å²) in [4.78, 5) is 23.3. The molecular weight excluding hydrogens is 375 g/mol. The number of carbonyl (C=O) groups excluding carboxylic acids is 1. The Morgan fingerprint density at radius 3 is 2.86 bits per heavy atom. The Hall–Kier alpha value is -3.29. The van der Waals surface area contributed by atoms with Crippen molar-refractivity contribution >= 4 is 5.91 Å². The molecule has 1 aromatic carbocycles. The van der Waals surface area contributed by atoms with Crippen LogP contribution in [-0.2, 0) is 6.42 Å². The highest BCUT2D eigenvalue weighted by Gasteiger charge is 2.34. The summed E-state index contributed by atoms with van der Waals surface area (Å²) in [5.74, 6) is 1.14. The molecule has 1 atom stereocenters. The highest BCUT2D eigenvalue weighted by atomic mass is 19.1. The van der Waals surface area contributed by atoms with E-state index in [0.29, 0.717) is 42.6 Å². The molecule has 1 unspecified atom stereocenters. The van der Waals surface area contributed by atoms with E-state index in [0.717, 1.165) is 18.5 Å². The van der Waals surface area contributed by atoms with E-state index in [9.17, 15) is 9.18 Å². The molecule has 0 radical (unpaired) electrons. The van der Waals surface area contributed by atoms with Gasteiger partial charge in [0.05, 0.1) is 12.2 Å². The van der Waals surface area contributed by atoms with Crippen molar-refractivity contribution in [2.24, 2.45) is 0 Å². The number of aryl methyl sites for hydroxylation is 1. The molecular formula is C21H21FN4O3. The predicted octanol–water partition coefficient (Wildman–Crippen LogP) is 3.51. The van der Waals surface area contributed by atoms with Gasteiger partial charge in [-0.25, -0.2) is 4.39 Å². The van der Waals surface area contributed by atoms with Crippen LogP contribution in [0.4, 0.5) is 4.39 Å². The first kappa shape index (κ1) is 19.0. The smallest absolute Gasteiger partial charge is 0.256 e. The molecule has 1 amide bonds. The lowest BCUT2D eigenvalue weighted by molar-refractivity contribution is 0.0709.